The maximum absolute atomic E-state index is 6.06. The lowest BCUT2D eigenvalue weighted by atomic mass is 10.3. The van der Waals surface area contributed by atoms with Crippen molar-refractivity contribution >= 4 is 34.5 Å². The molecule has 0 fully saturated rings. The van der Waals surface area contributed by atoms with Crippen molar-refractivity contribution in [1.82, 2.24) is 15.0 Å². The molecule has 0 spiro atoms. The Balaban J connectivity index is 1.99. The number of rotatable bonds is 3. The monoisotopic (exact) mass is 291 g/mol. The van der Waals surface area contributed by atoms with Gasteiger partial charge in [0.15, 0.2) is 5.58 Å². The molecule has 6 heteroatoms. The van der Waals surface area contributed by atoms with Gasteiger partial charge in [-0.1, -0.05) is 30.7 Å². The number of hydrogen-bond acceptors (Lipinski definition) is 5. The van der Waals surface area contributed by atoms with Crippen LogP contribution in [0.3, 0.4) is 0 Å². The van der Waals surface area contributed by atoms with Crippen LogP contribution in [0.1, 0.15) is 12.5 Å². The van der Waals surface area contributed by atoms with E-state index in [2.05, 4.69) is 15.0 Å². The molecule has 0 bridgehead atoms. The second kappa shape index (κ2) is 5.19. The summed E-state index contributed by atoms with van der Waals surface area (Å²) in [6.45, 7) is 2.01. The van der Waals surface area contributed by atoms with Crippen molar-refractivity contribution < 1.29 is 4.42 Å². The van der Waals surface area contributed by atoms with Crippen LogP contribution >= 0.6 is 23.4 Å². The van der Waals surface area contributed by atoms with Crippen LogP contribution in [0.2, 0.25) is 5.15 Å². The largest absolute Gasteiger partial charge is 0.431 e. The van der Waals surface area contributed by atoms with Crippen molar-refractivity contribution in [2.75, 3.05) is 0 Å². The van der Waals surface area contributed by atoms with Crippen LogP contribution in [0.4, 0.5) is 0 Å². The quantitative estimate of drug-likeness (QED) is 0.683. The average molecular weight is 292 g/mol. The Labute approximate surface area is 119 Å². The molecule has 0 unspecified atom stereocenters. The first-order valence-corrected chi connectivity index (χ1v) is 7.00. The molecule has 0 aliphatic rings. The van der Waals surface area contributed by atoms with E-state index in [0.29, 0.717) is 10.4 Å². The lowest BCUT2D eigenvalue weighted by Crippen LogP contribution is -1.93. The molecule has 3 aromatic rings. The summed E-state index contributed by atoms with van der Waals surface area (Å²) in [4.78, 5) is 12.6. The highest BCUT2D eigenvalue weighted by Gasteiger charge is 2.13. The van der Waals surface area contributed by atoms with Crippen molar-refractivity contribution in [1.29, 1.82) is 0 Å². The minimum Gasteiger partial charge on any atom is -0.431 e. The summed E-state index contributed by atoms with van der Waals surface area (Å²) in [6, 6.07) is 7.65. The number of fused-ring (bicyclic) bond motifs is 1. The van der Waals surface area contributed by atoms with E-state index >= 15 is 0 Å². The van der Waals surface area contributed by atoms with Crippen LogP contribution in [0.5, 0.6) is 0 Å². The molecule has 0 aliphatic carbocycles. The van der Waals surface area contributed by atoms with Gasteiger partial charge in [-0.25, -0.2) is 15.0 Å². The van der Waals surface area contributed by atoms with E-state index in [1.165, 1.54) is 18.1 Å². The van der Waals surface area contributed by atoms with Gasteiger partial charge in [0.2, 0.25) is 0 Å². The zero-order chi connectivity index (χ0) is 13.2. The molecule has 2 aromatic heterocycles. The number of nitrogens with zero attached hydrogens (tertiary/aromatic N) is 3. The van der Waals surface area contributed by atoms with Gasteiger partial charge in [0.1, 0.15) is 22.0 Å². The van der Waals surface area contributed by atoms with E-state index < -0.39 is 0 Å². The molecule has 0 amide bonds. The first-order chi connectivity index (χ1) is 9.28. The molecule has 0 aliphatic heterocycles. The highest BCUT2D eigenvalue weighted by molar-refractivity contribution is 7.99. The molecule has 0 radical (unpaired) electrons. The van der Waals surface area contributed by atoms with Gasteiger partial charge in [-0.2, -0.15) is 0 Å². The second-order valence-corrected chi connectivity index (χ2v) is 5.15. The number of aromatic nitrogens is 3. The van der Waals surface area contributed by atoms with Gasteiger partial charge in [0.25, 0.3) is 5.22 Å². The molecular weight excluding hydrogens is 282 g/mol. The van der Waals surface area contributed by atoms with Crippen molar-refractivity contribution in [2.45, 2.75) is 23.6 Å². The average Bonchev–Trinajstić information content (AvgIpc) is 2.81. The van der Waals surface area contributed by atoms with Crippen molar-refractivity contribution in [3.05, 3.63) is 41.3 Å². The van der Waals surface area contributed by atoms with Gasteiger partial charge >= 0.3 is 0 Å². The lowest BCUT2D eigenvalue weighted by molar-refractivity contribution is 0.489. The molecule has 0 N–H and O–H groups in total. The summed E-state index contributed by atoms with van der Waals surface area (Å²) in [5, 5.41) is 1.83. The van der Waals surface area contributed by atoms with Crippen LogP contribution in [0, 0.1) is 0 Å². The highest BCUT2D eigenvalue weighted by atomic mass is 35.5. The van der Waals surface area contributed by atoms with Crippen LogP contribution < -0.4 is 0 Å². The predicted octanol–water partition coefficient (Wildman–Crippen LogP) is 3.98. The van der Waals surface area contributed by atoms with E-state index in [9.17, 15) is 0 Å². The fourth-order valence-corrected chi connectivity index (χ4v) is 2.97. The number of para-hydroxylation sites is 2. The van der Waals surface area contributed by atoms with Crippen LogP contribution in [0.25, 0.3) is 11.1 Å². The molecule has 0 saturated heterocycles. The fraction of sp³-hybridized carbons (Fsp3) is 0.154. The number of oxazole rings is 1. The van der Waals surface area contributed by atoms with E-state index in [0.717, 1.165) is 28.1 Å². The molecule has 1 aromatic carbocycles. The molecule has 3 rings (SSSR count). The normalized spacial score (nSPS) is 11.1. The Hall–Kier alpha value is -1.59. The van der Waals surface area contributed by atoms with Crippen molar-refractivity contribution in [3.63, 3.8) is 0 Å². The third kappa shape index (κ3) is 2.43. The Morgan fingerprint density at radius 2 is 2.11 bits per heavy atom. The van der Waals surface area contributed by atoms with E-state index in [1.54, 1.807) is 0 Å². The minimum absolute atomic E-state index is 0.483. The summed E-state index contributed by atoms with van der Waals surface area (Å²) in [5.41, 5.74) is 2.52. The Kier molecular flexibility index (Phi) is 3.40. The molecule has 4 nitrogen and oxygen atoms in total. The maximum atomic E-state index is 6.06. The molecule has 2 heterocycles. The standard InChI is InChI=1S/C13H10ClN3OS/c1-2-8-11(14)15-7-16-12(8)19-13-17-9-5-3-4-6-10(9)18-13/h3-7H,2H2,1H3. The summed E-state index contributed by atoms with van der Waals surface area (Å²) in [5.74, 6) is 0. The highest BCUT2D eigenvalue weighted by Crippen LogP contribution is 2.32. The van der Waals surface area contributed by atoms with Gasteiger partial charge in [-0.3, -0.25) is 0 Å². The van der Waals surface area contributed by atoms with E-state index in [-0.39, 0.29) is 0 Å². The predicted molar refractivity (Wildman–Crippen MR) is 74.6 cm³/mol. The van der Waals surface area contributed by atoms with Gasteiger partial charge in [-0.05, 0) is 30.3 Å². The number of halogens is 1. The molecule has 0 atom stereocenters. The zero-order valence-corrected chi connectivity index (χ0v) is 11.7. The summed E-state index contributed by atoms with van der Waals surface area (Å²) in [7, 11) is 0. The fourth-order valence-electron chi connectivity index (χ4n) is 1.74. The lowest BCUT2D eigenvalue weighted by Gasteiger charge is -2.04. The van der Waals surface area contributed by atoms with Crippen molar-refractivity contribution in [3.8, 4) is 0 Å². The second-order valence-electron chi connectivity index (χ2n) is 3.85. The zero-order valence-electron chi connectivity index (χ0n) is 10.1. The smallest absolute Gasteiger partial charge is 0.263 e. The topological polar surface area (TPSA) is 51.8 Å². The Morgan fingerprint density at radius 3 is 2.89 bits per heavy atom. The van der Waals surface area contributed by atoms with Crippen LogP contribution in [0.15, 0.2) is 45.3 Å². The van der Waals surface area contributed by atoms with Gasteiger partial charge in [0.05, 0.1) is 0 Å². The SMILES string of the molecule is CCc1c(Cl)ncnc1Sc1nc2ccccc2o1. The van der Waals surface area contributed by atoms with Crippen LogP contribution in [-0.4, -0.2) is 15.0 Å². The Bertz CT molecular complexity index is 696. The van der Waals surface area contributed by atoms with Gasteiger partial charge < -0.3 is 4.42 Å². The third-order valence-corrected chi connectivity index (χ3v) is 3.89. The first-order valence-electron chi connectivity index (χ1n) is 5.80. The van der Waals surface area contributed by atoms with Gasteiger partial charge in [0, 0.05) is 5.56 Å². The minimum atomic E-state index is 0.483. The van der Waals surface area contributed by atoms with Crippen LogP contribution in [-0.2, 0) is 6.42 Å². The van der Waals surface area contributed by atoms with E-state index in [4.69, 9.17) is 16.0 Å². The number of hydrogen-bond donors (Lipinski definition) is 0. The van der Waals surface area contributed by atoms with Crippen molar-refractivity contribution in [2.24, 2.45) is 0 Å². The Morgan fingerprint density at radius 1 is 1.26 bits per heavy atom. The summed E-state index contributed by atoms with van der Waals surface area (Å²) in [6.07, 6.45) is 2.22. The third-order valence-electron chi connectivity index (χ3n) is 2.67. The summed E-state index contributed by atoms with van der Waals surface area (Å²) >= 11 is 7.42. The summed E-state index contributed by atoms with van der Waals surface area (Å²) < 4.78 is 5.66. The van der Waals surface area contributed by atoms with Gasteiger partial charge in [-0.15, -0.1) is 0 Å². The first kappa shape index (κ1) is 12.4. The maximum Gasteiger partial charge on any atom is 0.263 e. The molecule has 0 saturated carbocycles. The molecular formula is C13H10ClN3OS. The number of benzene rings is 1. The van der Waals surface area contributed by atoms with E-state index in [1.807, 2.05) is 31.2 Å². The molecule has 96 valence electrons. The molecule has 19 heavy (non-hydrogen) atoms.